The summed E-state index contributed by atoms with van der Waals surface area (Å²) in [6.45, 7) is -0.289. The van der Waals surface area contributed by atoms with Crippen LogP contribution in [0.1, 0.15) is 5.56 Å². The molecule has 1 heterocycles. The predicted molar refractivity (Wildman–Crippen MR) is 155 cm³/mol. The highest BCUT2D eigenvalue weighted by molar-refractivity contribution is 9.11. The van der Waals surface area contributed by atoms with Gasteiger partial charge in [-0.05, 0) is 98.2 Å². The van der Waals surface area contributed by atoms with Gasteiger partial charge in [-0.1, -0.05) is 41.4 Å². The van der Waals surface area contributed by atoms with Gasteiger partial charge in [-0.15, -0.1) is 0 Å². The van der Waals surface area contributed by atoms with Crippen molar-refractivity contribution in [1.29, 1.82) is 0 Å². The maximum Gasteiger partial charge on any atom is 0.270 e. The first-order chi connectivity index (χ1) is 17.6. The van der Waals surface area contributed by atoms with Gasteiger partial charge in [0.2, 0.25) is 0 Å². The van der Waals surface area contributed by atoms with Gasteiger partial charge in [0.1, 0.15) is 11.3 Å². The van der Waals surface area contributed by atoms with Crippen molar-refractivity contribution in [2.45, 2.75) is 0 Å². The Labute approximate surface area is 244 Å². The Kier molecular flexibility index (Phi) is 8.66. The van der Waals surface area contributed by atoms with Crippen molar-refractivity contribution in [3.63, 3.8) is 0 Å². The Bertz CT molecular complexity index is 1440. The fourth-order valence-electron chi connectivity index (χ4n) is 3.35. The fraction of sp³-hybridized carbons (Fsp3) is 0.0400. The van der Waals surface area contributed by atoms with Crippen LogP contribution < -0.4 is 20.3 Å². The number of carbonyl (C=O) groups is 3. The van der Waals surface area contributed by atoms with Crippen LogP contribution >= 0.6 is 67.3 Å². The number of benzene rings is 3. The Morgan fingerprint density at radius 2 is 1.70 bits per heavy atom. The normalized spacial score (nSPS) is 14.5. The standard InChI is InChI=1S/C25H15Br2Cl2N3O4S/c26-17-9-13(8-16-23(34)31-25(37)32(24(16)35)15-4-2-1-3-5-15)10-18(27)22(17)36-12-21(33)30-14-6-7-19(28)20(29)11-14/h1-11H,12H2,(H,30,33)(H,31,34,37)/b16-8-. The Balaban J connectivity index is 1.50. The van der Waals surface area contributed by atoms with Crippen LogP contribution in [0, 0.1) is 0 Å². The van der Waals surface area contributed by atoms with Gasteiger partial charge in [0.05, 0.1) is 24.7 Å². The summed E-state index contributed by atoms with van der Waals surface area (Å²) in [4.78, 5) is 39.3. The molecule has 0 saturated carbocycles. The van der Waals surface area contributed by atoms with E-state index >= 15 is 0 Å². The lowest BCUT2D eigenvalue weighted by atomic mass is 10.1. The summed E-state index contributed by atoms with van der Waals surface area (Å²) in [7, 11) is 0. The summed E-state index contributed by atoms with van der Waals surface area (Å²) in [5.41, 5.74) is 1.45. The Morgan fingerprint density at radius 3 is 2.35 bits per heavy atom. The number of rotatable bonds is 6. The highest BCUT2D eigenvalue weighted by Gasteiger charge is 2.34. The lowest BCUT2D eigenvalue weighted by Gasteiger charge is -2.28. The molecule has 0 radical (unpaired) electrons. The topological polar surface area (TPSA) is 87.7 Å². The van der Waals surface area contributed by atoms with E-state index in [1.165, 1.54) is 17.0 Å². The van der Waals surface area contributed by atoms with Gasteiger partial charge in [-0.25, -0.2) is 0 Å². The molecule has 7 nitrogen and oxygen atoms in total. The first-order valence-corrected chi connectivity index (χ1v) is 13.2. The molecule has 0 unspecified atom stereocenters. The first-order valence-electron chi connectivity index (χ1n) is 10.5. The van der Waals surface area contributed by atoms with Crippen LogP contribution in [0.25, 0.3) is 6.08 Å². The van der Waals surface area contributed by atoms with Crippen LogP contribution in [0.5, 0.6) is 5.75 Å². The molecule has 0 atom stereocenters. The zero-order valence-corrected chi connectivity index (χ0v) is 24.1. The minimum absolute atomic E-state index is 0.00334. The number of anilines is 2. The van der Waals surface area contributed by atoms with Crippen molar-refractivity contribution in [3.05, 3.63) is 90.8 Å². The number of hydrogen-bond donors (Lipinski definition) is 2. The second kappa shape index (κ2) is 11.7. The summed E-state index contributed by atoms with van der Waals surface area (Å²) in [6.07, 6.45) is 1.45. The number of carbonyl (C=O) groups excluding carboxylic acids is 3. The van der Waals surface area contributed by atoms with E-state index < -0.39 is 17.7 Å². The molecule has 1 saturated heterocycles. The van der Waals surface area contributed by atoms with Gasteiger partial charge in [-0.3, -0.25) is 24.6 Å². The van der Waals surface area contributed by atoms with E-state index in [9.17, 15) is 14.4 Å². The SMILES string of the molecule is O=C(COc1c(Br)cc(/C=C2/C(=O)NC(=S)N(c3ccccc3)C2=O)cc1Br)Nc1ccc(Cl)c(Cl)c1. The molecule has 3 aromatic carbocycles. The van der Waals surface area contributed by atoms with Crippen molar-refractivity contribution < 1.29 is 19.1 Å². The van der Waals surface area contributed by atoms with E-state index in [4.69, 9.17) is 40.2 Å². The number of amides is 3. The largest absolute Gasteiger partial charge is 0.481 e. The van der Waals surface area contributed by atoms with E-state index in [1.807, 2.05) is 6.07 Å². The summed E-state index contributed by atoms with van der Waals surface area (Å²) >= 11 is 23.9. The first kappa shape index (κ1) is 27.3. The average Bonchev–Trinajstić information content (AvgIpc) is 2.84. The molecule has 0 bridgehead atoms. The van der Waals surface area contributed by atoms with Crippen LogP contribution in [-0.4, -0.2) is 29.4 Å². The lowest BCUT2D eigenvalue weighted by Crippen LogP contribution is -2.54. The summed E-state index contributed by atoms with van der Waals surface area (Å²) in [5.74, 6) is -1.21. The highest BCUT2D eigenvalue weighted by atomic mass is 79.9. The van der Waals surface area contributed by atoms with Crippen LogP contribution in [0.3, 0.4) is 0 Å². The van der Waals surface area contributed by atoms with E-state index in [-0.39, 0.29) is 17.3 Å². The minimum Gasteiger partial charge on any atom is -0.481 e. The Hall–Kier alpha value is -2.76. The summed E-state index contributed by atoms with van der Waals surface area (Å²) in [6, 6.07) is 16.8. The molecule has 0 spiro atoms. The number of thiocarbonyl (C=S) groups is 1. The maximum absolute atomic E-state index is 13.2. The molecule has 4 rings (SSSR count). The molecule has 1 aliphatic rings. The van der Waals surface area contributed by atoms with Gasteiger partial charge < -0.3 is 10.1 Å². The summed E-state index contributed by atoms with van der Waals surface area (Å²) < 4.78 is 6.67. The van der Waals surface area contributed by atoms with E-state index in [2.05, 4.69) is 42.5 Å². The van der Waals surface area contributed by atoms with E-state index in [1.54, 1.807) is 48.5 Å². The van der Waals surface area contributed by atoms with Crippen molar-refractivity contribution in [1.82, 2.24) is 5.32 Å². The minimum atomic E-state index is -0.603. The van der Waals surface area contributed by atoms with Gasteiger partial charge in [0.15, 0.2) is 11.7 Å². The van der Waals surface area contributed by atoms with Crippen molar-refractivity contribution in [2.24, 2.45) is 0 Å². The molecular formula is C25H15Br2Cl2N3O4S. The highest BCUT2D eigenvalue weighted by Crippen LogP contribution is 2.36. The van der Waals surface area contributed by atoms with Crippen molar-refractivity contribution >= 4 is 108 Å². The number of ether oxygens (including phenoxy) is 1. The van der Waals surface area contributed by atoms with Crippen LogP contribution in [0.15, 0.2) is 75.2 Å². The number of nitrogens with zero attached hydrogens (tertiary/aromatic N) is 1. The molecule has 3 aromatic rings. The second-order valence-corrected chi connectivity index (χ2v) is 10.5. The molecule has 12 heteroatoms. The quantitative estimate of drug-likeness (QED) is 0.179. The lowest BCUT2D eigenvalue weighted by molar-refractivity contribution is -0.122. The van der Waals surface area contributed by atoms with Gasteiger partial charge >= 0.3 is 0 Å². The monoisotopic (exact) mass is 681 g/mol. The third-order valence-electron chi connectivity index (χ3n) is 5.00. The zero-order valence-electron chi connectivity index (χ0n) is 18.6. The zero-order chi connectivity index (χ0) is 26.7. The average molecular weight is 684 g/mol. The smallest absolute Gasteiger partial charge is 0.270 e. The number of nitrogens with one attached hydrogen (secondary N) is 2. The molecule has 0 aromatic heterocycles. The molecule has 1 aliphatic heterocycles. The number of para-hydroxylation sites is 1. The van der Waals surface area contributed by atoms with E-state index in [0.29, 0.717) is 41.7 Å². The molecule has 1 fully saturated rings. The maximum atomic E-state index is 13.2. The second-order valence-electron chi connectivity index (χ2n) is 7.57. The van der Waals surface area contributed by atoms with Crippen molar-refractivity contribution in [3.8, 4) is 5.75 Å². The molecule has 3 amide bonds. The van der Waals surface area contributed by atoms with Gasteiger partial charge in [0.25, 0.3) is 17.7 Å². The van der Waals surface area contributed by atoms with Gasteiger partial charge in [0, 0.05) is 5.69 Å². The third-order valence-corrected chi connectivity index (χ3v) is 7.20. The molecule has 2 N–H and O–H groups in total. The molecular weight excluding hydrogens is 669 g/mol. The fourth-order valence-corrected chi connectivity index (χ4v) is 5.37. The predicted octanol–water partition coefficient (Wildman–Crippen LogP) is 6.37. The molecule has 37 heavy (non-hydrogen) atoms. The van der Waals surface area contributed by atoms with Crippen LogP contribution in [-0.2, 0) is 14.4 Å². The van der Waals surface area contributed by atoms with Crippen LogP contribution in [0.4, 0.5) is 11.4 Å². The van der Waals surface area contributed by atoms with Crippen LogP contribution in [0.2, 0.25) is 10.0 Å². The third kappa shape index (κ3) is 6.39. The Morgan fingerprint density at radius 1 is 1.03 bits per heavy atom. The van der Waals surface area contributed by atoms with Crippen molar-refractivity contribution in [2.75, 3.05) is 16.8 Å². The molecule has 188 valence electrons. The summed E-state index contributed by atoms with van der Waals surface area (Å²) in [5, 5.41) is 5.92. The van der Waals surface area contributed by atoms with Gasteiger partial charge in [-0.2, -0.15) is 0 Å². The molecule has 0 aliphatic carbocycles. The van der Waals surface area contributed by atoms with E-state index in [0.717, 1.165) is 0 Å². The number of halogens is 4. The number of hydrogen-bond acceptors (Lipinski definition) is 5.